The predicted molar refractivity (Wildman–Crippen MR) is 68.6 cm³/mol. The predicted octanol–water partition coefficient (Wildman–Crippen LogP) is 3.47. The maximum atomic E-state index is 11.9. The first-order valence-corrected chi connectivity index (χ1v) is 6.37. The van der Waals surface area contributed by atoms with E-state index in [0.29, 0.717) is 0 Å². The van der Waals surface area contributed by atoms with Crippen LogP contribution in [0.1, 0.15) is 19.3 Å². The van der Waals surface area contributed by atoms with Gasteiger partial charge in [0, 0.05) is 17.6 Å². The Kier molecular flexibility index (Phi) is 3.83. The fraction of sp³-hybridized carbons (Fsp3) is 0.417. The Hall–Kier alpha value is -1.03. The first kappa shape index (κ1) is 11.5. The number of para-hydroxylation sites is 1. The summed E-state index contributed by atoms with van der Waals surface area (Å²) in [5, 5.41) is 2.92. The van der Waals surface area contributed by atoms with E-state index in [-0.39, 0.29) is 6.03 Å². The summed E-state index contributed by atoms with van der Waals surface area (Å²) in [5.74, 6) is 0. The van der Waals surface area contributed by atoms with Crippen LogP contribution in [0.5, 0.6) is 0 Å². The van der Waals surface area contributed by atoms with E-state index in [1.807, 2.05) is 29.2 Å². The second kappa shape index (κ2) is 5.34. The molecule has 0 radical (unpaired) electrons. The molecule has 1 aliphatic heterocycles. The average molecular weight is 283 g/mol. The smallest absolute Gasteiger partial charge is 0.321 e. The molecule has 0 atom stereocenters. The lowest BCUT2D eigenvalue weighted by Crippen LogP contribution is -2.38. The van der Waals surface area contributed by atoms with Crippen LogP contribution in [0, 0.1) is 0 Å². The molecule has 1 saturated heterocycles. The minimum Gasteiger partial charge on any atom is -0.325 e. The van der Waals surface area contributed by atoms with Gasteiger partial charge in [-0.2, -0.15) is 0 Å². The third-order valence-corrected chi connectivity index (χ3v) is 3.45. The van der Waals surface area contributed by atoms with E-state index in [0.717, 1.165) is 36.1 Å². The van der Waals surface area contributed by atoms with E-state index in [4.69, 9.17) is 0 Å². The molecule has 86 valence electrons. The fourth-order valence-corrected chi connectivity index (χ4v) is 2.24. The summed E-state index contributed by atoms with van der Waals surface area (Å²) in [7, 11) is 0. The summed E-state index contributed by atoms with van der Waals surface area (Å²) in [4.78, 5) is 13.8. The molecule has 0 aliphatic carbocycles. The van der Waals surface area contributed by atoms with E-state index in [1.54, 1.807) is 0 Å². The van der Waals surface area contributed by atoms with Gasteiger partial charge in [0.1, 0.15) is 0 Å². The molecule has 1 aromatic rings. The topological polar surface area (TPSA) is 32.3 Å². The van der Waals surface area contributed by atoms with Crippen molar-refractivity contribution in [2.75, 3.05) is 18.4 Å². The number of urea groups is 1. The first-order chi connectivity index (χ1) is 7.77. The number of carbonyl (C=O) groups is 1. The van der Waals surface area contributed by atoms with Gasteiger partial charge in [0.05, 0.1) is 5.69 Å². The van der Waals surface area contributed by atoms with Crippen molar-refractivity contribution in [2.24, 2.45) is 0 Å². The van der Waals surface area contributed by atoms with Gasteiger partial charge in [-0.05, 0) is 47.3 Å². The molecule has 1 N–H and O–H groups in total. The minimum atomic E-state index is 0.00611. The number of piperidine rings is 1. The maximum absolute atomic E-state index is 11.9. The van der Waals surface area contributed by atoms with Gasteiger partial charge >= 0.3 is 6.03 Å². The van der Waals surface area contributed by atoms with Crippen molar-refractivity contribution in [1.82, 2.24) is 4.90 Å². The van der Waals surface area contributed by atoms with Crippen LogP contribution in [0.15, 0.2) is 28.7 Å². The largest absolute Gasteiger partial charge is 0.325 e. The summed E-state index contributed by atoms with van der Waals surface area (Å²) in [6.07, 6.45) is 3.46. The zero-order valence-corrected chi connectivity index (χ0v) is 10.7. The van der Waals surface area contributed by atoms with Crippen LogP contribution in [0.4, 0.5) is 10.5 Å². The van der Waals surface area contributed by atoms with Gasteiger partial charge in [-0.25, -0.2) is 4.79 Å². The van der Waals surface area contributed by atoms with Gasteiger partial charge in [0.15, 0.2) is 0 Å². The Labute approximate surface area is 104 Å². The van der Waals surface area contributed by atoms with Gasteiger partial charge < -0.3 is 10.2 Å². The molecule has 4 heteroatoms. The molecule has 1 heterocycles. The van der Waals surface area contributed by atoms with Gasteiger partial charge in [-0.15, -0.1) is 0 Å². The Balaban J connectivity index is 1.99. The zero-order valence-electron chi connectivity index (χ0n) is 9.08. The lowest BCUT2D eigenvalue weighted by Gasteiger charge is -2.26. The summed E-state index contributed by atoms with van der Waals surface area (Å²) in [5.41, 5.74) is 0.832. The summed E-state index contributed by atoms with van der Waals surface area (Å²) in [6.45, 7) is 1.74. The molecule has 2 amide bonds. The minimum absolute atomic E-state index is 0.00611. The number of halogens is 1. The van der Waals surface area contributed by atoms with E-state index in [9.17, 15) is 4.79 Å². The molecule has 1 aliphatic rings. The van der Waals surface area contributed by atoms with Crippen molar-refractivity contribution in [3.8, 4) is 0 Å². The molecular formula is C12H15BrN2O. The van der Waals surface area contributed by atoms with Crippen LogP contribution in [-0.2, 0) is 0 Å². The number of nitrogens with one attached hydrogen (secondary N) is 1. The summed E-state index contributed by atoms with van der Waals surface area (Å²) < 4.78 is 0.917. The van der Waals surface area contributed by atoms with Crippen LogP contribution >= 0.6 is 15.9 Å². The monoisotopic (exact) mass is 282 g/mol. The van der Waals surface area contributed by atoms with Crippen molar-refractivity contribution in [3.63, 3.8) is 0 Å². The highest BCUT2D eigenvalue weighted by molar-refractivity contribution is 9.10. The maximum Gasteiger partial charge on any atom is 0.321 e. The van der Waals surface area contributed by atoms with Gasteiger partial charge in [-0.3, -0.25) is 0 Å². The third-order valence-electron chi connectivity index (χ3n) is 2.76. The van der Waals surface area contributed by atoms with E-state index >= 15 is 0 Å². The number of benzene rings is 1. The zero-order chi connectivity index (χ0) is 11.4. The number of amides is 2. The van der Waals surface area contributed by atoms with Crippen LogP contribution in [0.25, 0.3) is 0 Å². The van der Waals surface area contributed by atoms with Gasteiger partial charge in [0.2, 0.25) is 0 Å². The molecule has 1 aromatic carbocycles. The normalized spacial score (nSPS) is 15.9. The Morgan fingerprint density at radius 1 is 1.19 bits per heavy atom. The molecule has 0 bridgehead atoms. The Bertz CT molecular complexity index is 375. The van der Waals surface area contributed by atoms with Crippen molar-refractivity contribution >= 4 is 27.6 Å². The van der Waals surface area contributed by atoms with Crippen molar-refractivity contribution in [3.05, 3.63) is 28.7 Å². The molecule has 0 aromatic heterocycles. The van der Waals surface area contributed by atoms with E-state index in [2.05, 4.69) is 21.2 Å². The Morgan fingerprint density at radius 3 is 2.56 bits per heavy atom. The van der Waals surface area contributed by atoms with Crippen LogP contribution < -0.4 is 5.32 Å². The number of rotatable bonds is 1. The Morgan fingerprint density at radius 2 is 1.88 bits per heavy atom. The standard InChI is InChI=1S/C12H15BrN2O/c13-10-6-2-3-7-11(10)14-12(16)15-8-4-1-5-9-15/h2-3,6-7H,1,4-5,8-9H2,(H,14,16). The number of hydrogen-bond acceptors (Lipinski definition) is 1. The number of carbonyl (C=O) groups excluding carboxylic acids is 1. The molecule has 2 rings (SSSR count). The second-order valence-electron chi connectivity index (χ2n) is 3.96. The molecular weight excluding hydrogens is 268 g/mol. The number of nitrogens with zero attached hydrogens (tertiary/aromatic N) is 1. The number of hydrogen-bond donors (Lipinski definition) is 1. The van der Waals surface area contributed by atoms with Crippen molar-refractivity contribution < 1.29 is 4.79 Å². The molecule has 16 heavy (non-hydrogen) atoms. The van der Waals surface area contributed by atoms with E-state index < -0.39 is 0 Å². The highest BCUT2D eigenvalue weighted by Gasteiger charge is 2.16. The SMILES string of the molecule is O=C(Nc1ccccc1Br)N1CCCCC1. The fourth-order valence-electron chi connectivity index (χ4n) is 1.85. The molecule has 1 fully saturated rings. The molecule has 0 saturated carbocycles. The molecule has 0 unspecified atom stereocenters. The van der Waals surface area contributed by atoms with Crippen molar-refractivity contribution in [1.29, 1.82) is 0 Å². The summed E-state index contributed by atoms with van der Waals surface area (Å²) >= 11 is 3.42. The molecule has 0 spiro atoms. The summed E-state index contributed by atoms with van der Waals surface area (Å²) in [6, 6.07) is 7.67. The number of anilines is 1. The van der Waals surface area contributed by atoms with Gasteiger partial charge in [-0.1, -0.05) is 12.1 Å². The lowest BCUT2D eigenvalue weighted by atomic mass is 10.1. The highest BCUT2D eigenvalue weighted by Crippen LogP contribution is 2.22. The van der Waals surface area contributed by atoms with Crippen LogP contribution in [0.3, 0.4) is 0 Å². The van der Waals surface area contributed by atoms with Crippen molar-refractivity contribution in [2.45, 2.75) is 19.3 Å². The first-order valence-electron chi connectivity index (χ1n) is 5.58. The van der Waals surface area contributed by atoms with Crippen LogP contribution in [-0.4, -0.2) is 24.0 Å². The average Bonchev–Trinajstić information content (AvgIpc) is 2.33. The van der Waals surface area contributed by atoms with E-state index in [1.165, 1.54) is 6.42 Å². The highest BCUT2D eigenvalue weighted by atomic mass is 79.9. The third kappa shape index (κ3) is 2.76. The molecule has 3 nitrogen and oxygen atoms in total. The number of likely N-dealkylation sites (tertiary alicyclic amines) is 1. The quantitative estimate of drug-likeness (QED) is 0.841. The van der Waals surface area contributed by atoms with Crippen LogP contribution in [0.2, 0.25) is 0 Å². The second-order valence-corrected chi connectivity index (χ2v) is 4.81. The van der Waals surface area contributed by atoms with Gasteiger partial charge in [0.25, 0.3) is 0 Å². The lowest BCUT2D eigenvalue weighted by molar-refractivity contribution is 0.200.